The smallest absolute Gasteiger partial charge is 0.221 e. The minimum Gasteiger partial charge on any atom is -0.493 e. The Kier molecular flexibility index (Phi) is 6.55. The molecular weight excluding hydrogens is 356 g/mol. The van der Waals surface area contributed by atoms with Crippen molar-refractivity contribution in [1.82, 2.24) is 10.3 Å². The number of aromatic nitrogens is 1. The molecular formula is C22H26N2O4. The second kappa shape index (κ2) is 9.28. The van der Waals surface area contributed by atoms with Crippen molar-refractivity contribution >= 4 is 16.8 Å². The summed E-state index contributed by atoms with van der Waals surface area (Å²) in [7, 11) is 4.84. The van der Waals surface area contributed by atoms with Gasteiger partial charge in [0.15, 0.2) is 11.5 Å². The molecule has 28 heavy (non-hydrogen) atoms. The van der Waals surface area contributed by atoms with Crippen LogP contribution >= 0.6 is 0 Å². The molecule has 0 saturated carbocycles. The number of hydrogen-bond donors (Lipinski definition) is 2. The van der Waals surface area contributed by atoms with Crippen LogP contribution in [-0.4, -0.2) is 45.4 Å². The minimum absolute atomic E-state index is 0.0443. The predicted molar refractivity (Wildman–Crippen MR) is 109 cm³/mol. The van der Waals surface area contributed by atoms with Gasteiger partial charge in [0.25, 0.3) is 0 Å². The van der Waals surface area contributed by atoms with Gasteiger partial charge in [-0.25, -0.2) is 0 Å². The van der Waals surface area contributed by atoms with E-state index in [4.69, 9.17) is 14.2 Å². The second-order valence-electron chi connectivity index (χ2n) is 6.47. The summed E-state index contributed by atoms with van der Waals surface area (Å²) >= 11 is 0. The van der Waals surface area contributed by atoms with Gasteiger partial charge in [0, 0.05) is 48.7 Å². The third kappa shape index (κ3) is 4.12. The lowest BCUT2D eigenvalue weighted by atomic mass is 9.87. The van der Waals surface area contributed by atoms with Gasteiger partial charge in [-0.05, 0) is 17.7 Å². The van der Waals surface area contributed by atoms with E-state index in [1.807, 2.05) is 42.6 Å². The van der Waals surface area contributed by atoms with Crippen LogP contribution in [0.2, 0.25) is 0 Å². The number of para-hydroxylation sites is 2. The number of aromatic amines is 1. The Morgan fingerprint density at radius 2 is 1.86 bits per heavy atom. The maximum Gasteiger partial charge on any atom is 0.221 e. The van der Waals surface area contributed by atoms with E-state index in [1.54, 1.807) is 21.3 Å². The van der Waals surface area contributed by atoms with Crippen LogP contribution < -0.4 is 14.8 Å². The molecule has 1 aromatic heterocycles. The van der Waals surface area contributed by atoms with Crippen molar-refractivity contribution in [1.29, 1.82) is 0 Å². The molecule has 0 aliphatic carbocycles. The number of rotatable bonds is 9. The molecule has 2 aromatic carbocycles. The van der Waals surface area contributed by atoms with E-state index in [-0.39, 0.29) is 18.2 Å². The molecule has 3 rings (SSSR count). The summed E-state index contributed by atoms with van der Waals surface area (Å²) in [6.07, 6.45) is 2.26. The molecule has 0 unspecified atom stereocenters. The normalized spacial score (nSPS) is 12.0. The fourth-order valence-corrected chi connectivity index (χ4v) is 3.51. The summed E-state index contributed by atoms with van der Waals surface area (Å²) in [6, 6.07) is 13.8. The molecule has 0 aliphatic rings. The van der Waals surface area contributed by atoms with Crippen molar-refractivity contribution in [2.24, 2.45) is 0 Å². The molecule has 0 radical (unpaired) electrons. The van der Waals surface area contributed by atoms with Crippen LogP contribution in [0.15, 0.2) is 48.7 Å². The van der Waals surface area contributed by atoms with Crippen molar-refractivity contribution in [3.05, 3.63) is 59.8 Å². The van der Waals surface area contributed by atoms with E-state index in [2.05, 4.69) is 16.4 Å². The van der Waals surface area contributed by atoms with Crippen LogP contribution in [0.5, 0.6) is 11.5 Å². The number of ether oxygens (including phenoxy) is 3. The van der Waals surface area contributed by atoms with Crippen molar-refractivity contribution in [3.63, 3.8) is 0 Å². The number of nitrogens with one attached hydrogen (secondary N) is 2. The molecule has 0 saturated heterocycles. The molecule has 1 heterocycles. The standard InChI is InChI=1S/C22H26N2O4/c1-26-12-11-23-21(25)13-17(16-8-6-10-20(27-2)22(16)28-3)18-14-24-19-9-5-4-7-15(18)19/h4-10,14,17,24H,11-13H2,1-3H3,(H,23,25)/t17-/m0/s1. The maximum atomic E-state index is 12.6. The van der Waals surface area contributed by atoms with Crippen LogP contribution in [0.1, 0.15) is 23.5 Å². The average molecular weight is 382 g/mol. The van der Waals surface area contributed by atoms with Gasteiger partial charge < -0.3 is 24.5 Å². The fourth-order valence-electron chi connectivity index (χ4n) is 3.51. The highest BCUT2D eigenvalue weighted by Gasteiger charge is 2.25. The van der Waals surface area contributed by atoms with E-state index in [0.717, 1.165) is 22.0 Å². The van der Waals surface area contributed by atoms with Gasteiger partial charge in [-0.15, -0.1) is 0 Å². The first-order chi connectivity index (χ1) is 13.7. The van der Waals surface area contributed by atoms with Gasteiger partial charge in [0.05, 0.1) is 20.8 Å². The molecule has 2 N–H and O–H groups in total. The fraction of sp³-hybridized carbons (Fsp3) is 0.318. The highest BCUT2D eigenvalue weighted by molar-refractivity contribution is 5.86. The van der Waals surface area contributed by atoms with Crippen LogP contribution in [0.25, 0.3) is 10.9 Å². The average Bonchev–Trinajstić information content (AvgIpc) is 3.15. The number of benzene rings is 2. The van der Waals surface area contributed by atoms with Gasteiger partial charge in [-0.2, -0.15) is 0 Å². The van der Waals surface area contributed by atoms with Gasteiger partial charge in [-0.1, -0.05) is 30.3 Å². The summed E-state index contributed by atoms with van der Waals surface area (Å²) in [6.45, 7) is 0.956. The van der Waals surface area contributed by atoms with E-state index in [9.17, 15) is 4.79 Å². The molecule has 0 spiro atoms. The van der Waals surface area contributed by atoms with Crippen molar-refractivity contribution < 1.29 is 19.0 Å². The zero-order valence-electron chi connectivity index (χ0n) is 16.5. The molecule has 1 atom stereocenters. The minimum atomic E-state index is -0.191. The Labute approximate surface area is 164 Å². The second-order valence-corrected chi connectivity index (χ2v) is 6.47. The number of carbonyl (C=O) groups is 1. The topological polar surface area (TPSA) is 72.6 Å². The zero-order valence-corrected chi connectivity index (χ0v) is 16.5. The van der Waals surface area contributed by atoms with E-state index in [1.165, 1.54) is 0 Å². The molecule has 3 aromatic rings. The lowest BCUT2D eigenvalue weighted by Crippen LogP contribution is -2.28. The first-order valence-corrected chi connectivity index (χ1v) is 9.22. The summed E-state index contributed by atoms with van der Waals surface area (Å²) in [4.78, 5) is 15.9. The van der Waals surface area contributed by atoms with E-state index >= 15 is 0 Å². The first kappa shape index (κ1) is 19.8. The molecule has 148 valence electrons. The largest absolute Gasteiger partial charge is 0.493 e. The summed E-state index contributed by atoms with van der Waals surface area (Å²) in [5.74, 6) is 1.05. The number of methoxy groups -OCH3 is 3. The van der Waals surface area contributed by atoms with E-state index in [0.29, 0.717) is 24.7 Å². The predicted octanol–water partition coefficient (Wildman–Crippen LogP) is 3.47. The van der Waals surface area contributed by atoms with Crippen LogP contribution in [0.4, 0.5) is 0 Å². The quantitative estimate of drug-likeness (QED) is 0.556. The van der Waals surface area contributed by atoms with Gasteiger partial charge in [-0.3, -0.25) is 4.79 Å². The molecule has 1 amide bonds. The Morgan fingerprint density at radius 1 is 1.04 bits per heavy atom. The van der Waals surface area contributed by atoms with E-state index < -0.39 is 0 Å². The third-order valence-electron chi connectivity index (χ3n) is 4.82. The Bertz CT molecular complexity index is 935. The lowest BCUT2D eigenvalue weighted by molar-refractivity contribution is -0.121. The number of amides is 1. The van der Waals surface area contributed by atoms with Gasteiger partial charge in [0.1, 0.15) is 0 Å². The van der Waals surface area contributed by atoms with Gasteiger partial charge >= 0.3 is 0 Å². The van der Waals surface area contributed by atoms with Crippen molar-refractivity contribution in [3.8, 4) is 11.5 Å². The van der Waals surface area contributed by atoms with Gasteiger partial charge in [0.2, 0.25) is 5.91 Å². The van der Waals surface area contributed by atoms with Crippen molar-refractivity contribution in [2.75, 3.05) is 34.5 Å². The highest BCUT2D eigenvalue weighted by Crippen LogP contribution is 2.41. The number of carbonyl (C=O) groups excluding carboxylic acids is 1. The van der Waals surface area contributed by atoms with Crippen LogP contribution in [0.3, 0.4) is 0 Å². The molecule has 6 heteroatoms. The van der Waals surface area contributed by atoms with Crippen LogP contribution in [-0.2, 0) is 9.53 Å². The Morgan fingerprint density at radius 3 is 2.61 bits per heavy atom. The molecule has 0 aliphatic heterocycles. The highest BCUT2D eigenvalue weighted by atomic mass is 16.5. The summed E-state index contributed by atoms with van der Waals surface area (Å²) in [5, 5.41) is 4.00. The lowest BCUT2D eigenvalue weighted by Gasteiger charge is -2.21. The number of hydrogen-bond acceptors (Lipinski definition) is 4. The number of fused-ring (bicyclic) bond motifs is 1. The summed E-state index contributed by atoms with van der Waals surface area (Å²) in [5.41, 5.74) is 2.99. The molecule has 6 nitrogen and oxygen atoms in total. The SMILES string of the molecule is COCCNC(=O)C[C@@H](c1cccc(OC)c1OC)c1c[nH]c2ccccc12. The molecule has 0 fully saturated rings. The maximum absolute atomic E-state index is 12.6. The Balaban J connectivity index is 2.04. The first-order valence-electron chi connectivity index (χ1n) is 9.22. The zero-order chi connectivity index (χ0) is 19.9. The van der Waals surface area contributed by atoms with Crippen molar-refractivity contribution in [2.45, 2.75) is 12.3 Å². The third-order valence-corrected chi connectivity index (χ3v) is 4.82. The van der Waals surface area contributed by atoms with Crippen LogP contribution in [0, 0.1) is 0 Å². The number of H-pyrrole nitrogens is 1. The summed E-state index contributed by atoms with van der Waals surface area (Å²) < 4.78 is 16.1. The monoisotopic (exact) mass is 382 g/mol. The Hall–Kier alpha value is -2.99. The molecule has 0 bridgehead atoms.